The molecule has 0 N–H and O–H groups in total. The van der Waals surface area contributed by atoms with Crippen LogP contribution in [0.1, 0.15) is 5.56 Å². The summed E-state index contributed by atoms with van der Waals surface area (Å²) in [5.41, 5.74) is 0.496. The molecule has 90 valence electrons. The van der Waals surface area contributed by atoms with Crippen LogP contribution in [0.3, 0.4) is 0 Å². The molecule has 6 heteroatoms. The second-order valence-corrected chi connectivity index (χ2v) is 3.14. The molecule has 0 fully saturated rings. The minimum atomic E-state index is -4.37. The first-order valence-electron chi connectivity index (χ1n) is 4.42. The van der Waals surface area contributed by atoms with Gasteiger partial charge in [0.05, 0.1) is 0 Å². The molecule has 1 aromatic rings. The maximum absolute atomic E-state index is 12.7. The molecule has 0 aliphatic rings. The van der Waals surface area contributed by atoms with E-state index in [1.807, 2.05) is 0 Å². The Hall–Kier alpha value is -1.30. The number of alkyl halides is 3. The van der Waals surface area contributed by atoms with E-state index in [1.165, 1.54) is 12.1 Å². The molecule has 2 nitrogen and oxygen atoms in total. The Labute approximate surface area is 89.8 Å². The van der Waals surface area contributed by atoms with Gasteiger partial charge in [0.2, 0.25) is 0 Å². The third kappa shape index (κ3) is 4.48. The summed E-state index contributed by atoms with van der Waals surface area (Å²) in [6.45, 7) is -0.304. The average molecular weight is 238 g/mol. The summed E-state index contributed by atoms with van der Waals surface area (Å²) < 4.78 is 56.9. The number of benzene rings is 1. The largest absolute Gasteiger partial charge is 0.467 e. The number of ether oxygens (including phenoxy) is 2. The van der Waals surface area contributed by atoms with Crippen LogP contribution in [0.25, 0.3) is 0 Å². The Balaban J connectivity index is 2.38. The summed E-state index contributed by atoms with van der Waals surface area (Å²) in [6.07, 6.45) is -4.37. The zero-order valence-corrected chi connectivity index (χ0v) is 8.47. The van der Waals surface area contributed by atoms with Crippen LogP contribution in [0.2, 0.25) is 0 Å². The van der Waals surface area contributed by atoms with Crippen molar-refractivity contribution < 1.29 is 27.0 Å². The average Bonchev–Trinajstić information content (AvgIpc) is 2.13. The summed E-state index contributed by atoms with van der Waals surface area (Å²) in [5, 5.41) is 0. The van der Waals surface area contributed by atoms with Gasteiger partial charge in [-0.3, -0.25) is 0 Å². The van der Waals surface area contributed by atoms with E-state index in [9.17, 15) is 17.6 Å². The molecule has 0 aliphatic carbocycles. The maximum Gasteiger partial charge on any atom is 0.411 e. The number of hydrogen-bond donors (Lipinski definition) is 0. The number of halogens is 4. The van der Waals surface area contributed by atoms with Crippen LogP contribution < -0.4 is 4.74 Å². The molecule has 0 amide bonds. The van der Waals surface area contributed by atoms with Gasteiger partial charge in [0.1, 0.15) is 18.2 Å². The Morgan fingerprint density at radius 2 is 1.94 bits per heavy atom. The van der Waals surface area contributed by atoms with Gasteiger partial charge in [0.15, 0.2) is 6.79 Å². The lowest BCUT2D eigenvalue weighted by molar-refractivity contribution is -0.186. The van der Waals surface area contributed by atoms with Crippen molar-refractivity contribution in [3.8, 4) is 5.75 Å². The zero-order valence-electron chi connectivity index (χ0n) is 8.47. The third-order valence-corrected chi connectivity index (χ3v) is 1.70. The summed E-state index contributed by atoms with van der Waals surface area (Å²) in [4.78, 5) is 0. The first-order valence-corrected chi connectivity index (χ1v) is 4.42. The lowest BCUT2D eigenvalue weighted by Gasteiger charge is -2.10. The molecular weight excluding hydrogens is 228 g/mol. The predicted octanol–water partition coefficient (Wildman–Crippen LogP) is 3.05. The fraction of sp³-hybridized carbons (Fsp3) is 0.400. The second kappa shape index (κ2) is 5.16. The van der Waals surface area contributed by atoms with E-state index >= 15 is 0 Å². The second-order valence-electron chi connectivity index (χ2n) is 3.14. The van der Waals surface area contributed by atoms with E-state index in [0.717, 1.165) is 6.07 Å². The molecule has 0 unspecified atom stereocenters. The normalized spacial score (nSPS) is 11.6. The highest BCUT2D eigenvalue weighted by Crippen LogP contribution is 2.19. The first kappa shape index (κ1) is 12.8. The molecule has 0 spiro atoms. The molecule has 1 aromatic carbocycles. The molecular formula is C10H10F4O2. The third-order valence-electron chi connectivity index (χ3n) is 1.70. The van der Waals surface area contributed by atoms with Crippen LogP contribution in [0.5, 0.6) is 5.75 Å². The van der Waals surface area contributed by atoms with E-state index in [1.54, 1.807) is 6.92 Å². The molecule has 0 radical (unpaired) electrons. The SMILES string of the molecule is Cc1cc(F)ccc1OCOCC(F)(F)F. The molecule has 0 saturated heterocycles. The molecule has 0 heterocycles. The Bertz CT molecular complexity index is 349. The topological polar surface area (TPSA) is 18.5 Å². The van der Waals surface area contributed by atoms with E-state index < -0.39 is 25.4 Å². The van der Waals surface area contributed by atoms with Gasteiger partial charge < -0.3 is 9.47 Å². The van der Waals surface area contributed by atoms with Crippen LogP contribution in [-0.4, -0.2) is 19.6 Å². The van der Waals surface area contributed by atoms with Crippen molar-refractivity contribution >= 4 is 0 Å². The Morgan fingerprint density at radius 3 is 2.50 bits per heavy atom. The van der Waals surface area contributed by atoms with Gasteiger partial charge >= 0.3 is 6.18 Å². The van der Waals surface area contributed by atoms with Gasteiger partial charge in [-0.2, -0.15) is 13.2 Å². The minimum Gasteiger partial charge on any atom is -0.467 e. The highest BCUT2D eigenvalue weighted by molar-refractivity contribution is 5.32. The van der Waals surface area contributed by atoms with Crippen molar-refractivity contribution in [2.24, 2.45) is 0 Å². The highest BCUT2D eigenvalue weighted by Gasteiger charge is 2.27. The lowest BCUT2D eigenvalue weighted by atomic mass is 10.2. The number of aryl methyl sites for hydroxylation is 1. The van der Waals surface area contributed by atoms with Crippen molar-refractivity contribution in [3.05, 3.63) is 29.6 Å². The molecule has 16 heavy (non-hydrogen) atoms. The van der Waals surface area contributed by atoms with Crippen molar-refractivity contribution in [1.82, 2.24) is 0 Å². The maximum atomic E-state index is 12.7. The fourth-order valence-electron chi connectivity index (χ4n) is 1.04. The van der Waals surface area contributed by atoms with Crippen LogP contribution in [0, 0.1) is 12.7 Å². The minimum absolute atomic E-state index is 0.295. The van der Waals surface area contributed by atoms with Gasteiger partial charge in [-0.25, -0.2) is 4.39 Å². The number of hydrogen-bond acceptors (Lipinski definition) is 2. The van der Waals surface area contributed by atoms with Gasteiger partial charge in [0.25, 0.3) is 0 Å². The zero-order chi connectivity index (χ0) is 12.2. The quantitative estimate of drug-likeness (QED) is 0.456. The van der Waals surface area contributed by atoms with Crippen molar-refractivity contribution in [2.75, 3.05) is 13.4 Å². The van der Waals surface area contributed by atoms with Crippen LogP contribution in [0.15, 0.2) is 18.2 Å². The summed E-state index contributed by atoms with van der Waals surface area (Å²) in [5.74, 6) is -0.135. The standard InChI is InChI=1S/C10H10F4O2/c1-7-4-8(11)2-3-9(7)16-6-15-5-10(12,13)14/h2-4H,5-6H2,1H3. The predicted molar refractivity (Wildman–Crippen MR) is 48.6 cm³/mol. The van der Waals surface area contributed by atoms with Crippen molar-refractivity contribution in [3.63, 3.8) is 0 Å². The summed E-state index contributed by atoms with van der Waals surface area (Å²) in [7, 11) is 0. The van der Waals surface area contributed by atoms with Crippen molar-refractivity contribution in [1.29, 1.82) is 0 Å². The van der Waals surface area contributed by atoms with E-state index in [4.69, 9.17) is 4.74 Å². The molecule has 0 atom stereocenters. The number of rotatable bonds is 4. The fourth-order valence-corrected chi connectivity index (χ4v) is 1.04. The summed E-state index contributed by atoms with van der Waals surface area (Å²) in [6, 6.07) is 3.72. The molecule has 0 saturated carbocycles. The molecule has 1 rings (SSSR count). The Kier molecular flexibility index (Phi) is 4.12. The van der Waals surface area contributed by atoms with Crippen molar-refractivity contribution in [2.45, 2.75) is 13.1 Å². The van der Waals surface area contributed by atoms with E-state index in [0.29, 0.717) is 11.3 Å². The van der Waals surface area contributed by atoms with Crippen LogP contribution >= 0.6 is 0 Å². The molecule has 0 aliphatic heterocycles. The van der Waals surface area contributed by atoms with Gasteiger partial charge in [0, 0.05) is 0 Å². The Morgan fingerprint density at radius 1 is 1.25 bits per heavy atom. The summed E-state index contributed by atoms with van der Waals surface area (Å²) >= 11 is 0. The van der Waals surface area contributed by atoms with Gasteiger partial charge in [-0.1, -0.05) is 0 Å². The highest BCUT2D eigenvalue weighted by atomic mass is 19.4. The molecule has 0 bridgehead atoms. The first-order chi connectivity index (χ1) is 7.38. The van der Waals surface area contributed by atoms with E-state index in [-0.39, 0.29) is 0 Å². The van der Waals surface area contributed by atoms with Crippen LogP contribution in [0.4, 0.5) is 17.6 Å². The monoisotopic (exact) mass is 238 g/mol. The van der Waals surface area contributed by atoms with Gasteiger partial charge in [-0.05, 0) is 30.7 Å². The van der Waals surface area contributed by atoms with Gasteiger partial charge in [-0.15, -0.1) is 0 Å². The van der Waals surface area contributed by atoms with E-state index in [2.05, 4.69) is 4.74 Å². The smallest absolute Gasteiger partial charge is 0.411 e. The molecule has 0 aromatic heterocycles. The lowest BCUT2D eigenvalue weighted by Crippen LogP contribution is -2.19. The van der Waals surface area contributed by atoms with Crippen LogP contribution in [-0.2, 0) is 4.74 Å².